The maximum atomic E-state index is 2.46. The number of allylic oxidation sites excluding steroid dienone is 5. The molecule has 2 aliphatic rings. The Morgan fingerprint density at radius 3 is 2.90 bits per heavy atom. The molecule has 0 amide bonds. The summed E-state index contributed by atoms with van der Waals surface area (Å²) in [5.74, 6) is 0. The summed E-state index contributed by atoms with van der Waals surface area (Å²) in [4.78, 5) is 1.37. The number of aryl methyl sites for hydroxylation is 1. The van der Waals surface area contributed by atoms with Crippen LogP contribution in [0.3, 0.4) is 0 Å². The number of para-hydroxylation sites is 1. The van der Waals surface area contributed by atoms with E-state index >= 15 is 0 Å². The molecule has 0 atom stereocenters. The van der Waals surface area contributed by atoms with Crippen LogP contribution < -0.4 is 4.31 Å². The second-order valence-corrected chi connectivity index (χ2v) is 6.80. The van der Waals surface area contributed by atoms with Gasteiger partial charge in [0.1, 0.15) is 0 Å². The highest BCUT2D eigenvalue weighted by molar-refractivity contribution is 8.04. The first-order chi connectivity index (χ1) is 10.3. The van der Waals surface area contributed by atoms with Gasteiger partial charge in [-0.15, -0.1) is 0 Å². The van der Waals surface area contributed by atoms with Gasteiger partial charge < -0.3 is 4.31 Å². The van der Waals surface area contributed by atoms with Crippen molar-refractivity contribution < 1.29 is 0 Å². The van der Waals surface area contributed by atoms with Gasteiger partial charge in [-0.2, -0.15) is 0 Å². The van der Waals surface area contributed by atoms with E-state index in [0.717, 1.165) is 19.4 Å². The van der Waals surface area contributed by atoms with Crippen molar-refractivity contribution in [1.29, 1.82) is 0 Å². The Bertz CT molecular complexity index is 610. The minimum Gasteiger partial charge on any atom is -0.312 e. The predicted octanol–water partition coefficient (Wildman–Crippen LogP) is 5.66. The highest BCUT2D eigenvalue weighted by atomic mass is 32.2. The zero-order chi connectivity index (χ0) is 14.7. The van der Waals surface area contributed by atoms with Gasteiger partial charge in [0.05, 0.1) is 5.69 Å². The molecule has 1 heterocycles. The van der Waals surface area contributed by atoms with Crippen molar-refractivity contribution in [2.45, 2.75) is 39.5 Å². The first-order valence-electron chi connectivity index (χ1n) is 7.88. The Hall–Kier alpha value is -1.41. The lowest BCUT2D eigenvalue weighted by molar-refractivity contribution is 0.796. The van der Waals surface area contributed by atoms with Gasteiger partial charge in [0.2, 0.25) is 0 Å². The summed E-state index contributed by atoms with van der Waals surface area (Å²) in [5.41, 5.74) is 5.87. The van der Waals surface area contributed by atoms with Crippen molar-refractivity contribution in [1.82, 2.24) is 0 Å². The summed E-state index contributed by atoms with van der Waals surface area (Å²) in [6.07, 6.45) is 11.6. The van der Waals surface area contributed by atoms with Crippen molar-refractivity contribution >= 4 is 17.6 Å². The number of benzene rings is 1. The minimum atomic E-state index is 1.09. The molecule has 0 unspecified atom stereocenters. The fourth-order valence-electron chi connectivity index (χ4n) is 2.99. The van der Waals surface area contributed by atoms with Crippen LogP contribution in [0.2, 0.25) is 0 Å². The number of anilines is 1. The maximum Gasteiger partial charge on any atom is 0.0505 e. The van der Waals surface area contributed by atoms with Gasteiger partial charge >= 0.3 is 0 Å². The van der Waals surface area contributed by atoms with E-state index in [9.17, 15) is 0 Å². The molecular weight excluding hydrogens is 274 g/mol. The second kappa shape index (κ2) is 6.57. The SMILES string of the molecule is CCC1=C(C)C=CC(SN2CCCc3ccccc32)=CC1. The summed E-state index contributed by atoms with van der Waals surface area (Å²) >= 11 is 1.89. The van der Waals surface area contributed by atoms with E-state index in [1.807, 2.05) is 11.9 Å². The molecule has 1 nitrogen and oxygen atoms in total. The highest BCUT2D eigenvalue weighted by Gasteiger charge is 2.18. The van der Waals surface area contributed by atoms with Gasteiger partial charge in [0.25, 0.3) is 0 Å². The van der Waals surface area contributed by atoms with Crippen molar-refractivity contribution in [2.75, 3.05) is 10.8 Å². The van der Waals surface area contributed by atoms with Gasteiger partial charge in [-0.25, -0.2) is 0 Å². The molecule has 0 aromatic heterocycles. The smallest absolute Gasteiger partial charge is 0.0505 e. The van der Waals surface area contributed by atoms with E-state index in [0.29, 0.717) is 0 Å². The molecule has 0 saturated heterocycles. The number of rotatable bonds is 3. The Kier molecular flexibility index (Phi) is 4.54. The van der Waals surface area contributed by atoms with E-state index in [1.165, 1.54) is 34.6 Å². The van der Waals surface area contributed by atoms with Gasteiger partial charge in [0.15, 0.2) is 0 Å². The van der Waals surface area contributed by atoms with Crippen LogP contribution >= 0.6 is 11.9 Å². The van der Waals surface area contributed by atoms with E-state index in [-0.39, 0.29) is 0 Å². The predicted molar refractivity (Wildman–Crippen MR) is 94.5 cm³/mol. The van der Waals surface area contributed by atoms with E-state index in [1.54, 1.807) is 5.57 Å². The average Bonchev–Trinajstić information content (AvgIpc) is 2.70. The quantitative estimate of drug-likeness (QED) is 0.662. The van der Waals surface area contributed by atoms with Crippen LogP contribution in [0.25, 0.3) is 0 Å². The molecule has 0 bridgehead atoms. The molecule has 21 heavy (non-hydrogen) atoms. The van der Waals surface area contributed by atoms with Gasteiger partial charge in [0, 0.05) is 11.4 Å². The number of hydrogen-bond donors (Lipinski definition) is 0. The molecule has 1 aromatic rings. The van der Waals surface area contributed by atoms with Crippen molar-refractivity contribution in [3.8, 4) is 0 Å². The number of hydrogen-bond acceptors (Lipinski definition) is 2. The average molecular weight is 297 g/mol. The molecule has 0 saturated carbocycles. The first-order valence-corrected chi connectivity index (χ1v) is 8.65. The Morgan fingerprint density at radius 2 is 2.05 bits per heavy atom. The first kappa shape index (κ1) is 14.5. The van der Waals surface area contributed by atoms with Gasteiger partial charge in [-0.1, -0.05) is 48.4 Å². The molecule has 0 N–H and O–H groups in total. The number of fused-ring (bicyclic) bond motifs is 1. The molecule has 0 radical (unpaired) electrons. The fraction of sp³-hybridized carbons (Fsp3) is 0.368. The molecule has 1 aliphatic heterocycles. The summed E-state index contributed by atoms with van der Waals surface area (Å²) in [6, 6.07) is 8.82. The van der Waals surface area contributed by atoms with E-state index < -0.39 is 0 Å². The summed E-state index contributed by atoms with van der Waals surface area (Å²) in [6.45, 7) is 5.62. The van der Waals surface area contributed by atoms with E-state index in [2.05, 4.69) is 60.6 Å². The normalized spacial score (nSPS) is 18.4. The Labute approximate surface area is 132 Å². The lowest BCUT2D eigenvalue weighted by Crippen LogP contribution is -2.22. The molecule has 3 rings (SSSR count). The lowest BCUT2D eigenvalue weighted by atomic mass is 10.0. The molecule has 0 spiro atoms. The third-order valence-electron chi connectivity index (χ3n) is 4.31. The van der Waals surface area contributed by atoms with Gasteiger partial charge in [-0.3, -0.25) is 0 Å². The Morgan fingerprint density at radius 1 is 1.19 bits per heavy atom. The van der Waals surface area contributed by atoms with Crippen molar-refractivity contribution in [3.63, 3.8) is 0 Å². The fourth-order valence-corrected chi connectivity index (χ4v) is 4.03. The largest absolute Gasteiger partial charge is 0.312 e. The van der Waals surface area contributed by atoms with E-state index in [4.69, 9.17) is 0 Å². The van der Waals surface area contributed by atoms with Crippen LogP contribution in [0.15, 0.2) is 58.5 Å². The van der Waals surface area contributed by atoms with Gasteiger partial charge in [-0.05, 0) is 62.3 Å². The van der Waals surface area contributed by atoms with Crippen LogP contribution in [0, 0.1) is 0 Å². The standard InChI is InChI=1S/C19H23NS/c1-3-16-11-13-18(12-10-15(16)2)21-20-14-6-8-17-7-4-5-9-19(17)20/h4-5,7,9-10,12-13H,3,6,8,11,14H2,1-2H3. The molecule has 1 aromatic carbocycles. The molecule has 1 aliphatic carbocycles. The minimum absolute atomic E-state index is 1.09. The number of nitrogens with zero attached hydrogens (tertiary/aromatic N) is 1. The summed E-state index contributed by atoms with van der Waals surface area (Å²) < 4.78 is 2.46. The molecular formula is C19H23NS. The van der Waals surface area contributed by atoms with Crippen molar-refractivity contribution in [3.05, 3.63) is 64.1 Å². The van der Waals surface area contributed by atoms with Crippen molar-refractivity contribution in [2.24, 2.45) is 0 Å². The second-order valence-electron chi connectivity index (χ2n) is 5.71. The van der Waals surface area contributed by atoms with Crippen LogP contribution in [0.5, 0.6) is 0 Å². The van der Waals surface area contributed by atoms with Crippen LogP contribution in [-0.4, -0.2) is 6.54 Å². The van der Waals surface area contributed by atoms with Crippen LogP contribution in [-0.2, 0) is 6.42 Å². The van der Waals surface area contributed by atoms with Crippen LogP contribution in [0.1, 0.15) is 38.7 Å². The summed E-state index contributed by atoms with van der Waals surface area (Å²) in [5, 5.41) is 0. The summed E-state index contributed by atoms with van der Waals surface area (Å²) in [7, 11) is 0. The monoisotopic (exact) mass is 297 g/mol. The zero-order valence-corrected chi connectivity index (χ0v) is 13.7. The third-order valence-corrected chi connectivity index (χ3v) is 5.43. The highest BCUT2D eigenvalue weighted by Crippen LogP contribution is 2.36. The van der Waals surface area contributed by atoms with Crippen LogP contribution in [0.4, 0.5) is 5.69 Å². The molecule has 2 heteroatoms. The molecule has 110 valence electrons. The third kappa shape index (κ3) is 3.26. The zero-order valence-electron chi connectivity index (χ0n) is 12.9. The molecule has 0 fully saturated rings. The maximum absolute atomic E-state index is 2.46. The topological polar surface area (TPSA) is 3.24 Å². The lowest BCUT2D eigenvalue weighted by Gasteiger charge is -2.30. The Balaban J connectivity index is 1.77.